The first-order chi connectivity index (χ1) is 10.9. The summed E-state index contributed by atoms with van der Waals surface area (Å²) in [6.45, 7) is 1.82. The third-order valence-electron chi connectivity index (χ3n) is 3.65. The number of hydrogen-bond acceptors (Lipinski definition) is 5. The zero-order valence-electron chi connectivity index (χ0n) is 12.3. The molecule has 1 N–H and O–H groups in total. The minimum Gasteiger partial charge on any atom is -0.480 e. The van der Waals surface area contributed by atoms with Crippen molar-refractivity contribution in [2.24, 2.45) is 0 Å². The highest BCUT2D eigenvalue weighted by molar-refractivity contribution is 7.89. The van der Waals surface area contributed by atoms with E-state index in [1.54, 1.807) is 24.3 Å². The van der Waals surface area contributed by atoms with Gasteiger partial charge in [0.25, 0.3) is 0 Å². The van der Waals surface area contributed by atoms with E-state index in [1.807, 2.05) is 29.7 Å². The molecule has 0 aliphatic carbocycles. The number of carbonyl (C=O) groups is 1. The zero-order chi connectivity index (χ0) is 16.6. The summed E-state index contributed by atoms with van der Waals surface area (Å²) >= 11 is 3.00. The Hall–Kier alpha value is -1.48. The molecule has 0 saturated carbocycles. The fourth-order valence-electron chi connectivity index (χ4n) is 2.52. The van der Waals surface area contributed by atoms with E-state index in [0.717, 1.165) is 14.1 Å². The quantitative estimate of drug-likeness (QED) is 0.877. The molecule has 0 saturated heterocycles. The summed E-state index contributed by atoms with van der Waals surface area (Å²) in [7, 11) is -3.72. The van der Waals surface area contributed by atoms with Crippen LogP contribution >= 0.6 is 22.7 Å². The van der Waals surface area contributed by atoms with Crippen molar-refractivity contribution >= 4 is 50.8 Å². The van der Waals surface area contributed by atoms with Gasteiger partial charge in [0.1, 0.15) is 6.04 Å². The van der Waals surface area contributed by atoms with Crippen molar-refractivity contribution in [2.75, 3.05) is 0 Å². The molecule has 0 amide bonds. The number of hydrogen-bond donors (Lipinski definition) is 1. The molecule has 122 valence electrons. The number of fused-ring (bicyclic) bond motifs is 1. The maximum atomic E-state index is 12.6. The molecule has 23 heavy (non-hydrogen) atoms. The van der Waals surface area contributed by atoms with Gasteiger partial charge in [-0.25, -0.2) is 8.42 Å². The fourth-order valence-corrected chi connectivity index (χ4v) is 6.45. The van der Waals surface area contributed by atoms with E-state index >= 15 is 0 Å². The van der Waals surface area contributed by atoms with Crippen molar-refractivity contribution in [3.8, 4) is 0 Å². The van der Waals surface area contributed by atoms with Gasteiger partial charge in [-0.05, 0) is 36.1 Å². The normalized spacial score (nSPS) is 18.3. The second-order valence-electron chi connectivity index (χ2n) is 5.10. The van der Waals surface area contributed by atoms with Gasteiger partial charge in [-0.2, -0.15) is 4.31 Å². The van der Waals surface area contributed by atoms with Crippen molar-refractivity contribution in [1.82, 2.24) is 4.31 Å². The topological polar surface area (TPSA) is 74.7 Å². The first-order valence-electron chi connectivity index (χ1n) is 7.02. The van der Waals surface area contributed by atoms with Gasteiger partial charge in [0.2, 0.25) is 10.0 Å². The molecule has 8 heteroatoms. The molecule has 2 aromatic heterocycles. The predicted molar refractivity (Wildman–Crippen MR) is 92.0 cm³/mol. The molecule has 0 aromatic carbocycles. The summed E-state index contributed by atoms with van der Waals surface area (Å²) in [4.78, 5) is 14.2. The second kappa shape index (κ2) is 6.20. The minimum absolute atomic E-state index is 0.139. The molecule has 3 heterocycles. The van der Waals surface area contributed by atoms with Gasteiger partial charge in [0, 0.05) is 14.6 Å². The van der Waals surface area contributed by atoms with E-state index in [-0.39, 0.29) is 17.9 Å². The highest BCUT2D eigenvalue weighted by atomic mass is 32.2. The summed E-state index contributed by atoms with van der Waals surface area (Å²) in [6.07, 6.45) is 4.08. The Balaban J connectivity index is 1.88. The third kappa shape index (κ3) is 2.99. The molecular formula is C15H15NO4S3. The number of aliphatic carboxylic acids is 1. The number of carboxylic acids is 1. The fraction of sp³-hybridized carbons (Fsp3) is 0.267. The summed E-state index contributed by atoms with van der Waals surface area (Å²) < 4.78 is 26.3. The van der Waals surface area contributed by atoms with Gasteiger partial charge in [-0.3, -0.25) is 4.79 Å². The predicted octanol–water partition coefficient (Wildman–Crippen LogP) is 3.35. The first kappa shape index (κ1) is 16.4. The maximum absolute atomic E-state index is 12.6. The van der Waals surface area contributed by atoms with Crippen LogP contribution in [0.2, 0.25) is 0 Å². The Morgan fingerprint density at radius 1 is 1.43 bits per heavy atom. The molecule has 5 nitrogen and oxygen atoms in total. The molecule has 0 spiro atoms. The van der Waals surface area contributed by atoms with E-state index in [4.69, 9.17) is 0 Å². The van der Waals surface area contributed by atoms with E-state index in [1.165, 1.54) is 11.3 Å². The zero-order valence-corrected chi connectivity index (χ0v) is 14.7. The van der Waals surface area contributed by atoms with Crippen LogP contribution in [0.25, 0.3) is 12.2 Å². The first-order valence-corrected chi connectivity index (χ1v) is 10.2. The van der Waals surface area contributed by atoms with Gasteiger partial charge < -0.3 is 5.11 Å². The van der Waals surface area contributed by atoms with Crippen molar-refractivity contribution in [1.29, 1.82) is 0 Å². The molecule has 2 aromatic rings. The van der Waals surface area contributed by atoms with Crippen molar-refractivity contribution in [3.05, 3.63) is 38.2 Å². The average Bonchev–Trinajstić information content (AvgIpc) is 3.17. The lowest BCUT2D eigenvalue weighted by atomic mass is 10.2. The van der Waals surface area contributed by atoms with Gasteiger partial charge >= 0.3 is 5.97 Å². The Kier molecular flexibility index (Phi) is 4.41. The van der Waals surface area contributed by atoms with Gasteiger partial charge in [0.05, 0.1) is 11.4 Å². The minimum atomic E-state index is -3.72. The van der Waals surface area contributed by atoms with Crippen molar-refractivity contribution in [2.45, 2.75) is 30.8 Å². The SMILES string of the molecule is CCC(C(=O)O)N1Cc2sc(/C=C/c3cccs3)cc2S1(=O)=O. The van der Waals surface area contributed by atoms with Crippen LogP contribution in [0, 0.1) is 0 Å². The van der Waals surface area contributed by atoms with Crippen LogP contribution in [-0.2, 0) is 21.4 Å². The lowest BCUT2D eigenvalue weighted by molar-refractivity contribution is -0.141. The summed E-state index contributed by atoms with van der Waals surface area (Å²) in [5.74, 6) is -1.11. The Morgan fingerprint density at radius 3 is 2.74 bits per heavy atom. The van der Waals surface area contributed by atoms with E-state index in [9.17, 15) is 18.3 Å². The Labute approximate surface area is 142 Å². The average molecular weight is 369 g/mol. The number of thiophene rings is 2. The number of rotatable bonds is 5. The second-order valence-corrected chi connectivity index (χ2v) is 9.10. The molecular weight excluding hydrogens is 354 g/mol. The molecule has 1 atom stereocenters. The van der Waals surface area contributed by atoms with Crippen molar-refractivity contribution < 1.29 is 18.3 Å². The van der Waals surface area contributed by atoms with Crippen LogP contribution in [0.5, 0.6) is 0 Å². The molecule has 1 aliphatic heterocycles. The van der Waals surface area contributed by atoms with Gasteiger partial charge in [-0.15, -0.1) is 22.7 Å². The van der Waals surface area contributed by atoms with Crippen LogP contribution in [0.3, 0.4) is 0 Å². The summed E-state index contributed by atoms with van der Waals surface area (Å²) in [5.41, 5.74) is 0. The smallest absolute Gasteiger partial charge is 0.322 e. The van der Waals surface area contributed by atoms with E-state index in [0.29, 0.717) is 4.88 Å². The molecule has 3 rings (SSSR count). The lowest BCUT2D eigenvalue weighted by Gasteiger charge is -2.21. The highest BCUT2D eigenvalue weighted by Crippen LogP contribution is 2.39. The molecule has 0 fully saturated rings. The third-order valence-corrected chi connectivity index (χ3v) is 7.62. The Bertz CT molecular complexity index is 849. The highest BCUT2D eigenvalue weighted by Gasteiger charge is 2.42. The number of nitrogens with zero attached hydrogens (tertiary/aromatic N) is 1. The molecule has 1 aliphatic rings. The van der Waals surface area contributed by atoms with Gasteiger partial charge in [0.15, 0.2) is 0 Å². The van der Waals surface area contributed by atoms with E-state index < -0.39 is 22.0 Å². The summed E-state index contributed by atoms with van der Waals surface area (Å²) in [6, 6.07) is 4.57. The molecule has 0 bridgehead atoms. The number of carboxylic acid groups (broad SMARTS) is 1. The standard InChI is InChI=1S/C15H15NO4S3/c1-2-12(15(17)18)16-9-13-14(23(16,19)20)8-11(22-13)6-5-10-4-3-7-21-10/h3-8,12H,2,9H2,1H3,(H,17,18)/b6-5+. The largest absolute Gasteiger partial charge is 0.480 e. The monoisotopic (exact) mass is 369 g/mol. The maximum Gasteiger partial charge on any atom is 0.322 e. The van der Waals surface area contributed by atoms with Crippen LogP contribution in [-0.4, -0.2) is 29.8 Å². The van der Waals surface area contributed by atoms with Crippen LogP contribution in [0.15, 0.2) is 28.5 Å². The van der Waals surface area contributed by atoms with Crippen LogP contribution in [0.1, 0.15) is 28.0 Å². The van der Waals surface area contributed by atoms with Gasteiger partial charge in [-0.1, -0.05) is 13.0 Å². The van der Waals surface area contributed by atoms with Crippen molar-refractivity contribution in [3.63, 3.8) is 0 Å². The number of sulfonamides is 1. The lowest BCUT2D eigenvalue weighted by Crippen LogP contribution is -2.40. The molecule has 1 unspecified atom stereocenters. The van der Waals surface area contributed by atoms with Crippen LogP contribution < -0.4 is 0 Å². The molecule has 0 radical (unpaired) electrons. The Morgan fingerprint density at radius 2 is 2.17 bits per heavy atom. The van der Waals surface area contributed by atoms with E-state index in [2.05, 4.69) is 0 Å². The summed E-state index contributed by atoms with van der Waals surface area (Å²) in [5, 5.41) is 11.2. The van der Waals surface area contributed by atoms with Crippen LogP contribution in [0.4, 0.5) is 0 Å².